The lowest BCUT2D eigenvalue weighted by Gasteiger charge is -2.13. The summed E-state index contributed by atoms with van der Waals surface area (Å²) in [7, 11) is 4.60. The molecule has 0 saturated heterocycles. The Kier molecular flexibility index (Phi) is 6.88. The first kappa shape index (κ1) is 22.6. The van der Waals surface area contributed by atoms with E-state index in [-0.39, 0.29) is 5.91 Å². The van der Waals surface area contributed by atoms with Gasteiger partial charge in [-0.25, -0.2) is 5.43 Å². The van der Waals surface area contributed by atoms with Gasteiger partial charge in [0.25, 0.3) is 5.91 Å². The molecule has 0 bridgehead atoms. The van der Waals surface area contributed by atoms with Gasteiger partial charge >= 0.3 is 0 Å². The smallest absolute Gasteiger partial charge is 0.271 e. The molecule has 0 radical (unpaired) electrons. The van der Waals surface area contributed by atoms with Crippen molar-refractivity contribution in [2.75, 3.05) is 26.6 Å². The third-order valence-corrected chi connectivity index (χ3v) is 5.18. The molecule has 0 aliphatic carbocycles. The summed E-state index contributed by atoms with van der Waals surface area (Å²) in [6.07, 6.45) is 3.25. The van der Waals surface area contributed by atoms with Gasteiger partial charge in [0, 0.05) is 34.1 Å². The first-order chi connectivity index (χ1) is 16.6. The molecule has 0 aliphatic heterocycles. The average Bonchev–Trinajstić information content (AvgIpc) is 2.88. The molecular formula is C26H24N4O4. The zero-order valence-corrected chi connectivity index (χ0v) is 19.0. The normalized spacial score (nSPS) is 10.8. The number of para-hydroxylation sites is 1. The van der Waals surface area contributed by atoms with Crippen LogP contribution >= 0.6 is 0 Å². The second kappa shape index (κ2) is 10.4. The number of hydrogen-bond donors (Lipinski definition) is 2. The molecule has 1 aromatic heterocycles. The first-order valence-corrected chi connectivity index (χ1v) is 10.5. The van der Waals surface area contributed by atoms with E-state index in [4.69, 9.17) is 14.2 Å². The SMILES string of the molecule is COc1ccc(C=NNC(=O)c2ccc(Nc3ccnc4ccccc34)cc2)c(OC)c1OC. The highest BCUT2D eigenvalue weighted by atomic mass is 16.5. The molecule has 8 nitrogen and oxygen atoms in total. The van der Waals surface area contributed by atoms with Gasteiger partial charge in [-0.3, -0.25) is 9.78 Å². The number of carbonyl (C=O) groups excluding carboxylic acids is 1. The van der Waals surface area contributed by atoms with Gasteiger partial charge in [0.1, 0.15) is 0 Å². The van der Waals surface area contributed by atoms with Gasteiger partial charge in [0.05, 0.1) is 33.1 Å². The van der Waals surface area contributed by atoms with Crippen LogP contribution < -0.4 is 25.0 Å². The second-order valence-corrected chi connectivity index (χ2v) is 7.20. The molecule has 1 amide bonds. The van der Waals surface area contributed by atoms with Gasteiger partial charge in [0.2, 0.25) is 5.75 Å². The van der Waals surface area contributed by atoms with E-state index in [1.54, 1.807) is 37.6 Å². The quantitative estimate of drug-likeness (QED) is 0.293. The number of carbonyl (C=O) groups is 1. The second-order valence-electron chi connectivity index (χ2n) is 7.20. The summed E-state index contributed by atoms with van der Waals surface area (Å²) in [5.41, 5.74) is 6.34. The number of anilines is 2. The maximum absolute atomic E-state index is 12.5. The van der Waals surface area contributed by atoms with Crippen molar-refractivity contribution in [2.24, 2.45) is 5.10 Å². The number of pyridine rings is 1. The van der Waals surface area contributed by atoms with Crippen molar-refractivity contribution in [3.8, 4) is 17.2 Å². The number of amides is 1. The molecule has 34 heavy (non-hydrogen) atoms. The van der Waals surface area contributed by atoms with Crippen LogP contribution in [0.15, 0.2) is 78.0 Å². The Labute approximate surface area is 197 Å². The topological polar surface area (TPSA) is 94.1 Å². The number of hydrazone groups is 1. The molecule has 3 aromatic carbocycles. The highest BCUT2D eigenvalue weighted by molar-refractivity contribution is 5.96. The molecule has 1 heterocycles. The number of benzene rings is 3. The number of rotatable bonds is 8. The molecule has 0 atom stereocenters. The Morgan fingerprint density at radius 3 is 2.38 bits per heavy atom. The van der Waals surface area contributed by atoms with Crippen LogP contribution in [-0.2, 0) is 0 Å². The Balaban J connectivity index is 1.44. The van der Waals surface area contributed by atoms with Crippen LogP contribution in [0.2, 0.25) is 0 Å². The van der Waals surface area contributed by atoms with E-state index in [1.807, 2.05) is 42.5 Å². The highest BCUT2D eigenvalue weighted by Gasteiger charge is 2.14. The number of hydrogen-bond acceptors (Lipinski definition) is 7. The van der Waals surface area contributed by atoms with Crippen molar-refractivity contribution >= 4 is 34.4 Å². The molecule has 4 aromatic rings. The molecule has 0 unspecified atom stereocenters. The van der Waals surface area contributed by atoms with E-state index in [2.05, 4.69) is 20.8 Å². The molecule has 0 saturated carbocycles. The Morgan fingerprint density at radius 2 is 1.65 bits per heavy atom. The molecule has 4 rings (SSSR count). The lowest BCUT2D eigenvalue weighted by Crippen LogP contribution is -2.17. The summed E-state index contributed by atoms with van der Waals surface area (Å²) in [5.74, 6) is 1.11. The number of ether oxygens (including phenoxy) is 3. The standard InChI is InChI=1S/C26H24N4O4/c1-32-23-13-10-18(24(33-2)25(23)34-3)16-28-30-26(31)17-8-11-19(12-9-17)29-22-14-15-27-21-7-5-4-6-20(21)22/h4-16H,1-3H3,(H,27,29)(H,30,31). The van der Waals surface area contributed by atoms with E-state index in [0.29, 0.717) is 28.4 Å². The largest absolute Gasteiger partial charge is 0.493 e. The fourth-order valence-corrected chi connectivity index (χ4v) is 3.52. The van der Waals surface area contributed by atoms with E-state index < -0.39 is 0 Å². The van der Waals surface area contributed by atoms with Crippen LogP contribution in [0.25, 0.3) is 10.9 Å². The predicted octanol–water partition coefficient (Wildman–Crippen LogP) is 4.77. The Bertz CT molecular complexity index is 1330. The summed E-state index contributed by atoms with van der Waals surface area (Å²) in [5, 5.41) is 8.45. The molecular weight excluding hydrogens is 432 g/mol. The average molecular weight is 457 g/mol. The van der Waals surface area contributed by atoms with Crippen LogP contribution in [0, 0.1) is 0 Å². The monoisotopic (exact) mass is 456 g/mol. The minimum Gasteiger partial charge on any atom is -0.493 e. The van der Waals surface area contributed by atoms with Crippen molar-refractivity contribution in [3.63, 3.8) is 0 Å². The van der Waals surface area contributed by atoms with Crippen molar-refractivity contribution in [1.82, 2.24) is 10.4 Å². The number of nitrogens with zero attached hydrogens (tertiary/aromatic N) is 2. The van der Waals surface area contributed by atoms with Gasteiger partial charge in [-0.2, -0.15) is 5.10 Å². The Hall–Kier alpha value is -4.59. The molecule has 0 spiro atoms. The number of fused-ring (bicyclic) bond motifs is 1. The summed E-state index contributed by atoms with van der Waals surface area (Å²) in [4.78, 5) is 16.9. The van der Waals surface area contributed by atoms with Crippen molar-refractivity contribution in [2.45, 2.75) is 0 Å². The molecule has 2 N–H and O–H groups in total. The summed E-state index contributed by atoms with van der Waals surface area (Å²) in [6.45, 7) is 0. The number of methoxy groups -OCH3 is 3. The molecule has 8 heteroatoms. The molecule has 0 fully saturated rings. The lowest BCUT2D eigenvalue weighted by molar-refractivity contribution is 0.0955. The van der Waals surface area contributed by atoms with Crippen LogP contribution in [0.3, 0.4) is 0 Å². The fourth-order valence-electron chi connectivity index (χ4n) is 3.52. The van der Waals surface area contributed by atoms with Crippen LogP contribution in [0.4, 0.5) is 11.4 Å². The van der Waals surface area contributed by atoms with E-state index in [1.165, 1.54) is 20.4 Å². The summed E-state index contributed by atoms with van der Waals surface area (Å²) >= 11 is 0. The van der Waals surface area contributed by atoms with Gasteiger partial charge in [-0.15, -0.1) is 0 Å². The van der Waals surface area contributed by atoms with E-state index in [9.17, 15) is 4.79 Å². The molecule has 172 valence electrons. The van der Waals surface area contributed by atoms with Crippen LogP contribution in [0.1, 0.15) is 15.9 Å². The van der Waals surface area contributed by atoms with Crippen LogP contribution in [0.5, 0.6) is 17.2 Å². The summed E-state index contributed by atoms with van der Waals surface area (Å²) in [6, 6.07) is 20.5. The third kappa shape index (κ3) is 4.75. The van der Waals surface area contributed by atoms with E-state index in [0.717, 1.165) is 22.3 Å². The number of aromatic nitrogens is 1. The first-order valence-electron chi connectivity index (χ1n) is 10.5. The zero-order chi connectivity index (χ0) is 23.9. The maximum Gasteiger partial charge on any atom is 0.271 e. The van der Waals surface area contributed by atoms with Crippen molar-refractivity contribution in [3.05, 3.63) is 84.1 Å². The van der Waals surface area contributed by atoms with Gasteiger partial charge in [-0.05, 0) is 48.5 Å². The van der Waals surface area contributed by atoms with Crippen molar-refractivity contribution < 1.29 is 19.0 Å². The van der Waals surface area contributed by atoms with Gasteiger partial charge in [-0.1, -0.05) is 18.2 Å². The van der Waals surface area contributed by atoms with E-state index >= 15 is 0 Å². The predicted molar refractivity (Wildman–Crippen MR) is 133 cm³/mol. The molecule has 0 aliphatic rings. The maximum atomic E-state index is 12.5. The fraction of sp³-hybridized carbons (Fsp3) is 0.115. The Morgan fingerprint density at radius 1 is 0.882 bits per heavy atom. The minimum atomic E-state index is -0.336. The number of nitrogens with one attached hydrogen (secondary N) is 2. The van der Waals surface area contributed by atoms with Gasteiger partial charge < -0.3 is 19.5 Å². The van der Waals surface area contributed by atoms with Gasteiger partial charge in [0.15, 0.2) is 11.5 Å². The highest BCUT2D eigenvalue weighted by Crippen LogP contribution is 2.39. The minimum absolute atomic E-state index is 0.336. The third-order valence-electron chi connectivity index (χ3n) is 5.18. The summed E-state index contributed by atoms with van der Waals surface area (Å²) < 4.78 is 16.1. The zero-order valence-electron chi connectivity index (χ0n) is 19.0. The van der Waals surface area contributed by atoms with Crippen molar-refractivity contribution in [1.29, 1.82) is 0 Å². The van der Waals surface area contributed by atoms with Crippen LogP contribution in [-0.4, -0.2) is 38.4 Å². The lowest BCUT2D eigenvalue weighted by atomic mass is 10.1.